The van der Waals surface area contributed by atoms with Crippen molar-refractivity contribution in [1.82, 2.24) is 10.2 Å². The Morgan fingerprint density at radius 1 is 1.27 bits per heavy atom. The van der Waals surface area contributed by atoms with E-state index in [9.17, 15) is 0 Å². The molecule has 0 aromatic heterocycles. The second-order valence-electron chi connectivity index (χ2n) is 5.41. The third-order valence-electron chi connectivity index (χ3n) is 2.14. The minimum Gasteiger partial charge on any atom is -0.375 e. The molecule has 0 rings (SSSR count). The molecule has 0 aliphatic rings. The van der Waals surface area contributed by atoms with Crippen LogP contribution in [0.2, 0.25) is 0 Å². The second-order valence-corrected chi connectivity index (χ2v) is 5.41. The molecule has 1 atom stereocenters. The van der Waals surface area contributed by atoms with E-state index >= 15 is 0 Å². The van der Waals surface area contributed by atoms with Gasteiger partial charge in [0.1, 0.15) is 0 Å². The fraction of sp³-hybridized carbons (Fsp3) is 1.00. The molecule has 0 aromatic carbocycles. The van der Waals surface area contributed by atoms with Crippen LogP contribution in [0.1, 0.15) is 34.1 Å². The highest BCUT2D eigenvalue weighted by Crippen LogP contribution is 2.05. The van der Waals surface area contributed by atoms with Crippen molar-refractivity contribution in [1.29, 1.82) is 0 Å². The van der Waals surface area contributed by atoms with Gasteiger partial charge in [-0.25, -0.2) is 0 Å². The molecule has 0 saturated carbocycles. The predicted octanol–water partition coefficient (Wildman–Crippen LogP) is 1.73. The van der Waals surface area contributed by atoms with Crippen molar-refractivity contribution in [3.8, 4) is 0 Å². The molecule has 0 aromatic rings. The van der Waals surface area contributed by atoms with Crippen molar-refractivity contribution >= 4 is 0 Å². The molecular formula is C12H28N2O. The van der Waals surface area contributed by atoms with Gasteiger partial charge in [-0.3, -0.25) is 0 Å². The molecule has 15 heavy (non-hydrogen) atoms. The van der Waals surface area contributed by atoms with Crippen molar-refractivity contribution in [2.45, 2.75) is 45.8 Å². The summed E-state index contributed by atoms with van der Waals surface area (Å²) in [6.45, 7) is 11.3. The smallest absolute Gasteiger partial charge is 0.0599 e. The third kappa shape index (κ3) is 11.8. The Morgan fingerprint density at radius 2 is 1.87 bits per heavy atom. The SMILES string of the molecule is CC(CCN(C)C)NCCOC(C)(C)C. The second kappa shape index (κ2) is 7.20. The molecule has 0 saturated heterocycles. The van der Waals surface area contributed by atoms with Gasteiger partial charge in [0, 0.05) is 12.6 Å². The van der Waals surface area contributed by atoms with Gasteiger partial charge in [-0.15, -0.1) is 0 Å². The Labute approximate surface area is 95.2 Å². The van der Waals surface area contributed by atoms with Crippen LogP contribution in [0.3, 0.4) is 0 Å². The van der Waals surface area contributed by atoms with Crippen LogP contribution in [0.25, 0.3) is 0 Å². The topological polar surface area (TPSA) is 24.5 Å². The number of nitrogens with one attached hydrogen (secondary N) is 1. The lowest BCUT2D eigenvalue weighted by atomic mass is 10.2. The minimum atomic E-state index is -0.0193. The van der Waals surface area contributed by atoms with Crippen LogP contribution in [0, 0.1) is 0 Å². The Hall–Kier alpha value is -0.120. The summed E-state index contributed by atoms with van der Waals surface area (Å²) in [5.41, 5.74) is -0.0193. The molecule has 1 N–H and O–H groups in total. The van der Waals surface area contributed by atoms with Crippen LogP contribution in [-0.2, 0) is 4.74 Å². The van der Waals surface area contributed by atoms with Gasteiger partial charge in [-0.2, -0.15) is 0 Å². The lowest BCUT2D eigenvalue weighted by Gasteiger charge is -2.21. The normalized spacial score (nSPS) is 14.6. The Kier molecular flexibility index (Phi) is 7.14. The van der Waals surface area contributed by atoms with Gasteiger partial charge < -0.3 is 15.0 Å². The zero-order chi connectivity index (χ0) is 11.9. The van der Waals surface area contributed by atoms with E-state index in [-0.39, 0.29) is 5.60 Å². The van der Waals surface area contributed by atoms with Crippen molar-refractivity contribution < 1.29 is 4.74 Å². The molecule has 3 nitrogen and oxygen atoms in total. The maximum Gasteiger partial charge on any atom is 0.0599 e. The van der Waals surface area contributed by atoms with Gasteiger partial charge in [-0.1, -0.05) is 0 Å². The molecule has 0 aliphatic carbocycles. The lowest BCUT2D eigenvalue weighted by molar-refractivity contribution is -0.00158. The highest BCUT2D eigenvalue weighted by atomic mass is 16.5. The van der Waals surface area contributed by atoms with E-state index in [4.69, 9.17) is 4.74 Å². The Balaban J connectivity index is 3.35. The number of nitrogens with zero attached hydrogens (tertiary/aromatic N) is 1. The fourth-order valence-corrected chi connectivity index (χ4v) is 1.22. The first-order valence-electron chi connectivity index (χ1n) is 5.83. The number of hydrogen-bond acceptors (Lipinski definition) is 3. The predicted molar refractivity (Wildman–Crippen MR) is 66.3 cm³/mol. The molecule has 0 spiro atoms. The number of ether oxygens (including phenoxy) is 1. The van der Waals surface area contributed by atoms with E-state index in [1.165, 1.54) is 6.42 Å². The summed E-state index contributed by atoms with van der Waals surface area (Å²) in [5.74, 6) is 0. The van der Waals surface area contributed by atoms with Crippen molar-refractivity contribution in [3.05, 3.63) is 0 Å². The fourth-order valence-electron chi connectivity index (χ4n) is 1.22. The first-order chi connectivity index (χ1) is 6.81. The maximum atomic E-state index is 5.63. The zero-order valence-corrected chi connectivity index (χ0v) is 11.3. The van der Waals surface area contributed by atoms with Gasteiger partial charge >= 0.3 is 0 Å². The highest BCUT2D eigenvalue weighted by Gasteiger charge is 2.09. The van der Waals surface area contributed by atoms with Crippen LogP contribution >= 0.6 is 0 Å². The average molecular weight is 216 g/mol. The summed E-state index contributed by atoms with van der Waals surface area (Å²) in [7, 11) is 4.21. The van der Waals surface area contributed by atoms with Gasteiger partial charge in [0.15, 0.2) is 0 Å². The van der Waals surface area contributed by atoms with Crippen molar-refractivity contribution in [2.75, 3.05) is 33.8 Å². The van der Waals surface area contributed by atoms with E-state index in [2.05, 4.69) is 52.0 Å². The summed E-state index contributed by atoms with van der Waals surface area (Å²) in [6, 6.07) is 0.566. The third-order valence-corrected chi connectivity index (χ3v) is 2.14. The zero-order valence-electron chi connectivity index (χ0n) is 11.3. The summed E-state index contributed by atoms with van der Waals surface area (Å²) in [6.07, 6.45) is 1.18. The van der Waals surface area contributed by atoms with Crippen LogP contribution in [-0.4, -0.2) is 50.3 Å². The van der Waals surface area contributed by atoms with Crippen LogP contribution in [0.4, 0.5) is 0 Å². The molecule has 0 heterocycles. The summed E-state index contributed by atoms with van der Waals surface area (Å²) in [5, 5.41) is 3.46. The Morgan fingerprint density at radius 3 is 2.33 bits per heavy atom. The largest absolute Gasteiger partial charge is 0.375 e. The molecule has 0 aliphatic heterocycles. The van der Waals surface area contributed by atoms with Crippen molar-refractivity contribution in [3.63, 3.8) is 0 Å². The molecule has 0 fully saturated rings. The van der Waals surface area contributed by atoms with E-state index < -0.39 is 0 Å². The summed E-state index contributed by atoms with van der Waals surface area (Å²) < 4.78 is 5.63. The molecule has 0 bridgehead atoms. The minimum absolute atomic E-state index is 0.0193. The van der Waals surface area contributed by atoms with E-state index in [0.29, 0.717) is 6.04 Å². The van der Waals surface area contributed by atoms with Gasteiger partial charge in [0.05, 0.1) is 12.2 Å². The number of hydrogen-bond donors (Lipinski definition) is 1. The molecule has 1 unspecified atom stereocenters. The first kappa shape index (κ1) is 14.9. The van der Waals surface area contributed by atoms with E-state index in [1.54, 1.807) is 0 Å². The van der Waals surface area contributed by atoms with Crippen LogP contribution in [0.5, 0.6) is 0 Å². The molecule has 3 heteroatoms. The highest BCUT2D eigenvalue weighted by molar-refractivity contribution is 4.63. The summed E-state index contributed by atoms with van der Waals surface area (Å²) >= 11 is 0. The number of rotatable bonds is 7. The van der Waals surface area contributed by atoms with E-state index in [1.807, 2.05) is 0 Å². The molecule has 0 radical (unpaired) electrons. The monoisotopic (exact) mass is 216 g/mol. The molecular weight excluding hydrogens is 188 g/mol. The maximum absolute atomic E-state index is 5.63. The lowest BCUT2D eigenvalue weighted by Crippen LogP contribution is -2.34. The van der Waals surface area contributed by atoms with Crippen LogP contribution < -0.4 is 5.32 Å². The molecule has 0 amide bonds. The first-order valence-corrected chi connectivity index (χ1v) is 5.83. The summed E-state index contributed by atoms with van der Waals surface area (Å²) in [4.78, 5) is 2.21. The Bertz CT molecular complexity index is 152. The van der Waals surface area contributed by atoms with Gasteiger partial charge in [0.2, 0.25) is 0 Å². The van der Waals surface area contributed by atoms with Crippen LogP contribution in [0.15, 0.2) is 0 Å². The van der Waals surface area contributed by atoms with Gasteiger partial charge in [0.25, 0.3) is 0 Å². The van der Waals surface area contributed by atoms with Crippen molar-refractivity contribution in [2.24, 2.45) is 0 Å². The van der Waals surface area contributed by atoms with E-state index in [0.717, 1.165) is 19.7 Å². The average Bonchev–Trinajstić information content (AvgIpc) is 2.07. The quantitative estimate of drug-likeness (QED) is 0.656. The van der Waals surface area contributed by atoms with Gasteiger partial charge in [-0.05, 0) is 54.8 Å². The standard InChI is InChI=1S/C12H28N2O/c1-11(7-9-14(5)6)13-8-10-15-12(2,3)4/h11,13H,7-10H2,1-6H3. The molecule has 92 valence electrons.